The molecule has 18 heavy (non-hydrogen) atoms. The first-order valence-electron chi connectivity index (χ1n) is 6.71. The van der Waals surface area contributed by atoms with E-state index in [0.29, 0.717) is 6.54 Å². The number of aryl methyl sites for hydroxylation is 1. The Morgan fingerprint density at radius 3 is 3.22 bits per heavy atom. The van der Waals surface area contributed by atoms with E-state index in [-0.39, 0.29) is 11.8 Å². The maximum atomic E-state index is 11.9. The molecule has 0 aromatic carbocycles. The average Bonchev–Trinajstić information content (AvgIpc) is 2.87. The normalized spacial score (nSPS) is 19.7. The van der Waals surface area contributed by atoms with Crippen molar-refractivity contribution in [2.45, 2.75) is 32.6 Å². The third-order valence-electron chi connectivity index (χ3n) is 3.26. The van der Waals surface area contributed by atoms with Crippen LogP contribution in [0.1, 0.15) is 29.7 Å². The lowest BCUT2D eigenvalue weighted by atomic mass is 9.99. The number of aromatic nitrogens is 1. The van der Waals surface area contributed by atoms with E-state index < -0.39 is 0 Å². The van der Waals surface area contributed by atoms with Crippen LogP contribution in [0.5, 0.6) is 0 Å². The largest absolute Gasteiger partial charge is 0.355 e. The molecule has 1 unspecified atom stereocenters. The molecule has 4 nitrogen and oxygen atoms in total. The van der Waals surface area contributed by atoms with Crippen LogP contribution in [0.4, 0.5) is 0 Å². The molecule has 0 aliphatic carbocycles. The van der Waals surface area contributed by atoms with Gasteiger partial charge in [0.05, 0.1) is 10.9 Å². The molecule has 0 spiro atoms. The number of carbonyl (C=O) groups excluding carboxylic acids is 1. The molecule has 0 radical (unpaired) electrons. The third-order valence-corrected chi connectivity index (χ3v) is 4.46. The molecule has 100 valence electrons. The Kier molecular flexibility index (Phi) is 5.13. The van der Waals surface area contributed by atoms with Gasteiger partial charge in [0.15, 0.2) is 0 Å². The second-order valence-corrected chi connectivity index (χ2v) is 5.86. The summed E-state index contributed by atoms with van der Waals surface area (Å²) in [6, 6.07) is 0. The Morgan fingerprint density at radius 1 is 1.67 bits per heavy atom. The number of thiazole rings is 1. The Labute approximate surface area is 112 Å². The Bertz CT molecular complexity index is 385. The lowest BCUT2D eigenvalue weighted by molar-refractivity contribution is -0.125. The highest BCUT2D eigenvalue weighted by atomic mass is 32.1. The van der Waals surface area contributed by atoms with Gasteiger partial charge < -0.3 is 10.6 Å². The zero-order valence-corrected chi connectivity index (χ0v) is 11.7. The topological polar surface area (TPSA) is 54.0 Å². The van der Waals surface area contributed by atoms with Crippen LogP contribution in [0.25, 0.3) is 0 Å². The van der Waals surface area contributed by atoms with Gasteiger partial charge in [0.2, 0.25) is 5.91 Å². The number of piperidine rings is 1. The van der Waals surface area contributed by atoms with Crippen molar-refractivity contribution in [1.29, 1.82) is 0 Å². The van der Waals surface area contributed by atoms with Gasteiger partial charge in [-0.2, -0.15) is 0 Å². The van der Waals surface area contributed by atoms with Gasteiger partial charge in [0.25, 0.3) is 0 Å². The van der Waals surface area contributed by atoms with Crippen LogP contribution < -0.4 is 10.6 Å². The summed E-state index contributed by atoms with van der Waals surface area (Å²) in [7, 11) is 0. The van der Waals surface area contributed by atoms with E-state index in [1.54, 1.807) is 11.3 Å². The predicted octanol–water partition coefficient (Wildman–Crippen LogP) is 1.36. The minimum absolute atomic E-state index is 0.154. The maximum absolute atomic E-state index is 11.9. The summed E-state index contributed by atoms with van der Waals surface area (Å²) in [5, 5.41) is 7.40. The summed E-state index contributed by atoms with van der Waals surface area (Å²) in [5.41, 5.74) is 0. The van der Waals surface area contributed by atoms with Crippen molar-refractivity contribution in [3.63, 3.8) is 0 Å². The molecule has 1 saturated heterocycles. The van der Waals surface area contributed by atoms with Crippen molar-refractivity contribution in [2.24, 2.45) is 5.92 Å². The molecule has 1 aromatic heterocycles. The summed E-state index contributed by atoms with van der Waals surface area (Å²) in [6.07, 6.45) is 5.93. The van der Waals surface area contributed by atoms with Crippen molar-refractivity contribution in [1.82, 2.24) is 15.6 Å². The van der Waals surface area contributed by atoms with E-state index in [4.69, 9.17) is 0 Å². The Hall–Kier alpha value is -0.940. The molecule has 1 aliphatic rings. The highest BCUT2D eigenvalue weighted by molar-refractivity contribution is 7.11. The molecule has 2 heterocycles. The molecule has 2 N–H and O–H groups in total. The van der Waals surface area contributed by atoms with E-state index in [9.17, 15) is 4.79 Å². The molecular weight excluding hydrogens is 246 g/mol. The van der Waals surface area contributed by atoms with Gasteiger partial charge in [0, 0.05) is 30.6 Å². The number of rotatable bonds is 5. The summed E-state index contributed by atoms with van der Waals surface area (Å²) in [5.74, 6) is 0.343. The van der Waals surface area contributed by atoms with Gasteiger partial charge >= 0.3 is 0 Å². The van der Waals surface area contributed by atoms with Crippen LogP contribution in [0, 0.1) is 5.92 Å². The molecular formula is C13H21N3OS. The van der Waals surface area contributed by atoms with Crippen molar-refractivity contribution in [3.8, 4) is 0 Å². The molecule has 5 heteroatoms. The first-order valence-corrected chi connectivity index (χ1v) is 7.53. The number of hydrogen-bond acceptors (Lipinski definition) is 4. The summed E-state index contributed by atoms with van der Waals surface area (Å²) in [6.45, 7) is 4.70. The molecule has 0 bridgehead atoms. The fourth-order valence-electron chi connectivity index (χ4n) is 2.14. The highest BCUT2D eigenvalue weighted by Gasteiger charge is 2.20. The minimum atomic E-state index is 0.154. The molecule has 1 fully saturated rings. The van der Waals surface area contributed by atoms with Crippen LogP contribution in [-0.4, -0.2) is 30.5 Å². The van der Waals surface area contributed by atoms with Gasteiger partial charge in [0.1, 0.15) is 0 Å². The quantitative estimate of drug-likeness (QED) is 0.847. The van der Waals surface area contributed by atoms with Crippen molar-refractivity contribution in [3.05, 3.63) is 16.1 Å². The predicted molar refractivity (Wildman–Crippen MR) is 73.8 cm³/mol. The zero-order valence-electron chi connectivity index (χ0n) is 10.9. The third kappa shape index (κ3) is 3.78. The molecule has 2 rings (SSSR count). The fraction of sp³-hybridized carbons (Fsp3) is 0.692. The van der Waals surface area contributed by atoms with Gasteiger partial charge in [-0.25, -0.2) is 4.98 Å². The van der Waals surface area contributed by atoms with Crippen LogP contribution in [-0.2, 0) is 17.6 Å². The minimum Gasteiger partial charge on any atom is -0.355 e. The lowest BCUT2D eigenvalue weighted by Crippen LogP contribution is -2.41. The van der Waals surface area contributed by atoms with Crippen LogP contribution in [0.3, 0.4) is 0 Å². The smallest absolute Gasteiger partial charge is 0.224 e. The Balaban J connectivity index is 1.69. The average molecular weight is 267 g/mol. The van der Waals surface area contributed by atoms with Gasteiger partial charge in [-0.15, -0.1) is 11.3 Å². The molecule has 1 atom stereocenters. The van der Waals surface area contributed by atoms with Gasteiger partial charge in [-0.05, 0) is 25.8 Å². The second kappa shape index (κ2) is 6.85. The van der Waals surface area contributed by atoms with Gasteiger partial charge in [-0.1, -0.05) is 6.92 Å². The number of carbonyl (C=O) groups is 1. The van der Waals surface area contributed by atoms with Crippen molar-refractivity contribution in [2.75, 3.05) is 19.6 Å². The van der Waals surface area contributed by atoms with Crippen LogP contribution in [0.15, 0.2) is 6.20 Å². The SMILES string of the molecule is CCc1cnc(CCNC(=O)C2CCCNC2)s1. The summed E-state index contributed by atoms with van der Waals surface area (Å²) in [4.78, 5) is 17.5. The van der Waals surface area contributed by atoms with E-state index in [1.807, 2.05) is 6.20 Å². The van der Waals surface area contributed by atoms with E-state index in [2.05, 4.69) is 22.5 Å². The zero-order chi connectivity index (χ0) is 12.8. The van der Waals surface area contributed by atoms with E-state index >= 15 is 0 Å². The first kappa shape index (κ1) is 13.5. The van der Waals surface area contributed by atoms with Crippen LogP contribution in [0.2, 0.25) is 0 Å². The highest BCUT2D eigenvalue weighted by Crippen LogP contribution is 2.13. The Morgan fingerprint density at radius 2 is 2.56 bits per heavy atom. The number of amides is 1. The molecule has 1 amide bonds. The summed E-state index contributed by atoms with van der Waals surface area (Å²) >= 11 is 1.75. The van der Waals surface area contributed by atoms with Crippen LogP contribution >= 0.6 is 11.3 Å². The van der Waals surface area contributed by atoms with Gasteiger partial charge in [-0.3, -0.25) is 4.79 Å². The maximum Gasteiger partial charge on any atom is 0.224 e. The second-order valence-electron chi connectivity index (χ2n) is 4.66. The van der Waals surface area contributed by atoms with Crippen molar-refractivity contribution >= 4 is 17.2 Å². The van der Waals surface area contributed by atoms with E-state index in [0.717, 1.165) is 43.8 Å². The van der Waals surface area contributed by atoms with E-state index in [1.165, 1.54) is 4.88 Å². The number of hydrogen-bond donors (Lipinski definition) is 2. The number of nitrogens with one attached hydrogen (secondary N) is 2. The molecule has 0 saturated carbocycles. The monoisotopic (exact) mass is 267 g/mol. The number of nitrogens with zero attached hydrogens (tertiary/aromatic N) is 1. The molecule has 1 aromatic rings. The standard InChI is InChI=1S/C13H21N3OS/c1-2-11-9-16-12(18-11)5-7-15-13(17)10-4-3-6-14-8-10/h9-10,14H,2-8H2,1H3,(H,15,17). The molecule has 1 aliphatic heterocycles. The lowest BCUT2D eigenvalue weighted by Gasteiger charge is -2.21. The fourth-order valence-corrected chi connectivity index (χ4v) is 3.00. The van der Waals surface area contributed by atoms with Crippen molar-refractivity contribution < 1.29 is 4.79 Å². The first-order chi connectivity index (χ1) is 8.79. The summed E-state index contributed by atoms with van der Waals surface area (Å²) < 4.78 is 0.